The second kappa shape index (κ2) is 4.86. The van der Waals surface area contributed by atoms with Gasteiger partial charge >= 0.3 is 0 Å². The van der Waals surface area contributed by atoms with E-state index in [1.165, 1.54) is 4.88 Å². The van der Waals surface area contributed by atoms with Gasteiger partial charge in [-0.05, 0) is 40.9 Å². The van der Waals surface area contributed by atoms with Crippen LogP contribution in [0.3, 0.4) is 0 Å². The highest BCUT2D eigenvalue weighted by atomic mass is 79.9. The fourth-order valence-electron chi connectivity index (χ4n) is 1.53. The van der Waals surface area contributed by atoms with Crippen molar-refractivity contribution in [3.05, 3.63) is 37.6 Å². The monoisotopic (exact) mass is 315 g/mol. The van der Waals surface area contributed by atoms with Gasteiger partial charge in [0.25, 0.3) is 0 Å². The molecule has 0 saturated heterocycles. The van der Waals surface area contributed by atoms with E-state index in [1.807, 2.05) is 19.1 Å². The molecule has 16 heavy (non-hydrogen) atoms. The van der Waals surface area contributed by atoms with Crippen molar-refractivity contribution in [2.24, 2.45) is 0 Å². The first-order valence-corrected chi connectivity index (χ1v) is 7.02. The normalized spacial score (nSPS) is 10.8. The molecule has 0 amide bonds. The molecule has 2 rings (SSSR count). The average molecular weight is 317 g/mol. The number of halogens is 2. The van der Waals surface area contributed by atoms with Crippen LogP contribution >= 0.6 is 38.9 Å². The van der Waals surface area contributed by atoms with E-state index in [9.17, 15) is 0 Å². The fourth-order valence-corrected chi connectivity index (χ4v) is 3.22. The van der Waals surface area contributed by atoms with E-state index in [0.717, 1.165) is 32.2 Å². The lowest BCUT2D eigenvalue weighted by molar-refractivity contribution is 1.17. The maximum absolute atomic E-state index is 6.13. The summed E-state index contributed by atoms with van der Waals surface area (Å²) in [5.74, 6) is 0. The van der Waals surface area contributed by atoms with Gasteiger partial charge in [0, 0.05) is 15.5 Å². The maximum atomic E-state index is 6.13. The molecule has 0 saturated carbocycles. The maximum Gasteiger partial charge on any atom is 0.160 e. The van der Waals surface area contributed by atoms with E-state index in [2.05, 4.69) is 33.9 Å². The highest BCUT2D eigenvalue weighted by Gasteiger charge is 2.11. The first kappa shape index (κ1) is 12.1. The van der Waals surface area contributed by atoms with Crippen molar-refractivity contribution in [1.82, 2.24) is 4.98 Å². The summed E-state index contributed by atoms with van der Waals surface area (Å²) in [4.78, 5) is 5.78. The summed E-state index contributed by atoms with van der Waals surface area (Å²) in [7, 11) is 0. The van der Waals surface area contributed by atoms with Crippen molar-refractivity contribution in [3.63, 3.8) is 0 Å². The lowest BCUT2D eigenvalue weighted by Crippen LogP contribution is -1.85. The van der Waals surface area contributed by atoms with Crippen LogP contribution in [0.1, 0.15) is 17.4 Å². The fraction of sp³-hybridized carbons (Fsp3) is 0.250. The Bertz CT molecular complexity index is 522. The molecular formula is C12H11BrClNS. The van der Waals surface area contributed by atoms with Crippen molar-refractivity contribution in [1.29, 1.82) is 0 Å². The van der Waals surface area contributed by atoms with E-state index < -0.39 is 0 Å². The van der Waals surface area contributed by atoms with Crippen molar-refractivity contribution in [2.75, 3.05) is 0 Å². The standard InChI is InChI=1S/C12H11BrClNS/c1-3-10-11(15-12(13)16-10)8-5-4-7(2)9(14)6-8/h4-6H,3H2,1-2H3. The van der Waals surface area contributed by atoms with E-state index >= 15 is 0 Å². The Kier molecular flexibility index (Phi) is 3.67. The molecule has 1 heterocycles. The predicted octanol–water partition coefficient (Wildman–Crippen LogP) is 5.10. The average Bonchev–Trinajstić information content (AvgIpc) is 2.63. The Morgan fingerprint density at radius 2 is 2.19 bits per heavy atom. The molecule has 1 aromatic heterocycles. The number of hydrogen-bond donors (Lipinski definition) is 0. The molecule has 84 valence electrons. The zero-order valence-electron chi connectivity index (χ0n) is 9.05. The van der Waals surface area contributed by atoms with Crippen molar-refractivity contribution in [3.8, 4) is 11.3 Å². The zero-order valence-corrected chi connectivity index (χ0v) is 12.2. The van der Waals surface area contributed by atoms with Crippen LogP contribution < -0.4 is 0 Å². The Morgan fingerprint density at radius 3 is 2.81 bits per heavy atom. The Hall–Kier alpha value is -0.380. The quantitative estimate of drug-likeness (QED) is 0.751. The number of hydrogen-bond acceptors (Lipinski definition) is 2. The van der Waals surface area contributed by atoms with Crippen LogP contribution in [-0.2, 0) is 6.42 Å². The molecule has 1 aromatic carbocycles. The highest BCUT2D eigenvalue weighted by Crippen LogP contribution is 2.33. The second-order valence-corrected chi connectivity index (χ2v) is 6.32. The largest absolute Gasteiger partial charge is 0.229 e. The van der Waals surface area contributed by atoms with E-state index in [4.69, 9.17) is 11.6 Å². The van der Waals surface area contributed by atoms with E-state index in [0.29, 0.717) is 0 Å². The van der Waals surface area contributed by atoms with Crippen LogP contribution in [0.25, 0.3) is 11.3 Å². The molecule has 0 aliphatic heterocycles. The van der Waals surface area contributed by atoms with Crippen LogP contribution in [-0.4, -0.2) is 4.98 Å². The summed E-state index contributed by atoms with van der Waals surface area (Å²) in [5.41, 5.74) is 3.23. The van der Waals surface area contributed by atoms with Gasteiger partial charge in [0.15, 0.2) is 3.92 Å². The minimum atomic E-state index is 0.795. The topological polar surface area (TPSA) is 12.9 Å². The number of aromatic nitrogens is 1. The number of aryl methyl sites for hydroxylation is 2. The van der Waals surface area contributed by atoms with Crippen molar-refractivity contribution in [2.45, 2.75) is 20.3 Å². The van der Waals surface area contributed by atoms with Gasteiger partial charge in [0.1, 0.15) is 0 Å². The van der Waals surface area contributed by atoms with Gasteiger partial charge in [-0.2, -0.15) is 0 Å². The van der Waals surface area contributed by atoms with Gasteiger partial charge in [0.05, 0.1) is 5.69 Å². The lowest BCUT2D eigenvalue weighted by Gasteiger charge is -2.03. The van der Waals surface area contributed by atoms with Gasteiger partial charge in [0.2, 0.25) is 0 Å². The number of nitrogens with zero attached hydrogens (tertiary/aromatic N) is 1. The molecule has 4 heteroatoms. The van der Waals surface area contributed by atoms with Gasteiger partial charge < -0.3 is 0 Å². The first-order valence-electron chi connectivity index (χ1n) is 5.03. The molecule has 0 N–H and O–H groups in total. The minimum Gasteiger partial charge on any atom is -0.229 e. The highest BCUT2D eigenvalue weighted by molar-refractivity contribution is 9.11. The van der Waals surface area contributed by atoms with Gasteiger partial charge in [-0.3, -0.25) is 0 Å². The smallest absolute Gasteiger partial charge is 0.160 e. The van der Waals surface area contributed by atoms with Crippen molar-refractivity contribution >= 4 is 38.9 Å². The molecule has 0 atom stereocenters. The third-order valence-electron chi connectivity index (χ3n) is 2.44. The summed E-state index contributed by atoms with van der Waals surface area (Å²) in [6.45, 7) is 4.14. The molecule has 2 aromatic rings. The third-order valence-corrected chi connectivity index (χ3v) is 4.50. The summed E-state index contributed by atoms with van der Waals surface area (Å²) in [5, 5.41) is 0.795. The van der Waals surface area contributed by atoms with Crippen LogP contribution in [0.4, 0.5) is 0 Å². The van der Waals surface area contributed by atoms with E-state index in [-0.39, 0.29) is 0 Å². The van der Waals surface area contributed by atoms with Gasteiger partial charge in [-0.1, -0.05) is 30.7 Å². The summed E-state index contributed by atoms with van der Waals surface area (Å²) in [6.07, 6.45) is 0.990. The predicted molar refractivity (Wildman–Crippen MR) is 74.4 cm³/mol. The summed E-state index contributed by atoms with van der Waals surface area (Å²) in [6, 6.07) is 6.09. The van der Waals surface area contributed by atoms with Crippen LogP contribution in [0.15, 0.2) is 22.1 Å². The first-order chi connectivity index (χ1) is 7.61. The number of benzene rings is 1. The molecular weight excluding hydrogens is 306 g/mol. The SMILES string of the molecule is CCc1sc(Br)nc1-c1ccc(C)c(Cl)c1. The van der Waals surface area contributed by atoms with E-state index in [1.54, 1.807) is 11.3 Å². The molecule has 0 unspecified atom stereocenters. The van der Waals surface area contributed by atoms with Crippen molar-refractivity contribution < 1.29 is 0 Å². The summed E-state index contributed by atoms with van der Waals surface area (Å²) < 4.78 is 0.927. The Morgan fingerprint density at radius 1 is 1.44 bits per heavy atom. The van der Waals surface area contributed by atoms with Crippen LogP contribution in [0, 0.1) is 6.92 Å². The molecule has 0 radical (unpaired) electrons. The third kappa shape index (κ3) is 2.31. The van der Waals surface area contributed by atoms with Gasteiger partial charge in [-0.15, -0.1) is 11.3 Å². The second-order valence-electron chi connectivity index (χ2n) is 3.56. The van der Waals surface area contributed by atoms with Crippen LogP contribution in [0.2, 0.25) is 5.02 Å². The number of rotatable bonds is 2. The molecule has 0 aliphatic carbocycles. The van der Waals surface area contributed by atoms with Crippen LogP contribution in [0.5, 0.6) is 0 Å². The Balaban J connectivity index is 2.53. The Labute approximate surface area is 113 Å². The number of thiazole rings is 1. The minimum absolute atomic E-state index is 0.795. The molecule has 1 nitrogen and oxygen atoms in total. The summed E-state index contributed by atoms with van der Waals surface area (Å²) >= 11 is 11.2. The molecule has 0 bridgehead atoms. The molecule has 0 aliphatic rings. The lowest BCUT2D eigenvalue weighted by atomic mass is 10.1. The molecule has 0 spiro atoms. The molecule has 0 fully saturated rings. The zero-order chi connectivity index (χ0) is 11.7. The van der Waals surface area contributed by atoms with Gasteiger partial charge in [-0.25, -0.2) is 4.98 Å².